The van der Waals surface area contributed by atoms with Crippen LogP contribution in [-0.2, 0) is 16.1 Å². The average molecular weight is 431 g/mol. The molecule has 3 aromatic rings. The van der Waals surface area contributed by atoms with Gasteiger partial charge in [-0.2, -0.15) is 0 Å². The number of carbonyl (C=O) groups excluding carboxylic acids is 1. The highest BCUT2D eigenvalue weighted by Gasteiger charge is 2.30. The summed E-state index contributed by atoms with van der Waals surface area (Å²) in [4.78, 5) is 29.0. The Morgan fingerprint density at radius 2 is 1.69 bits per heavy atom. The van der Waals surface area contributed by atoms with Crippen LogP contribution in [0.5, 0.6) is 5.75 Å². The molecule has 1 N–H and O–H groups in total. The Bertz CT molecular complexity index is 1150. The third-order valence-electron chi connectivity index (χ3n) is 5.79. The molecule has 2 aliphatic rings. The summed E-state index contributed by atoms with van der Waals surface area (Å²) in [5.41, 5.74) is 5.47. The predicted molar refractivity (Wildman–Crippen MR) is 115 cm³/mol. The van der Waals surface area contributed by atoms with E-state index in [1.165, 1.54) is 17.2 Å². The highest BCUT2D eigenvalue weighted by molar-refractivity contribution is 5.88. The molecule has 1 aliphatic carbocycles. The van der Waals surface area contributed by atoms with E-state index < -0.39 is 12.1 Å². The number of benzene rings is 3. The van der Waals surface area contributed by atoms with Crippen molar-refractivity contribution < 1.29 is 29.0 Å². The molecule has 1 heterocycles. The first kappa shape index (κ1) is 20.1. The molecule has 7 heteroatoms. The van der Waals surface area contributed by atoms with E-state index in [1.54, 1.807) is 6.07 Å². The second kappa shape index (κ2) is 8.36. The van der Waals surface area contributed by atoms with Crippen molar-refractivity contribution in [2.45, 2.75) is 12.5 Å². The van der Waals surface area contributed by atoms with E-state index in [9.17, 15) is 9.59 Å². The van der Waals surface area contributed by atoms with E-state index >= 15 is 0 Å². The summed E-state index contributed by atoms with van der Waals surface area (Å²) in [6.07, 6.45) is -0.780. The Morgan fingerprint density at radius 3 is 2.38 bits per heavy atom. The highest BCUT2D eigenvalue weighted by Crippen LogP contribution is 2.44. The van der Waals surface area contributed by atoms with Gasteiger partial charge in [-0.25, -0.2) is 9.59 Å². The lowest BCUT2D eigenvalue weighted by Gasteiger charge is -2.19. The summed E-state index contributed by atoms with van der Waals surface area (Å²) >= 11 is 0. The standard InChI is InChI=1S/C25H21NO6/c27-24(28)16-9-10-17-14-26(11-12-30-23(17)13-16)32-25(29)31-15-22-20-7-3-1-5-18(20)19-6-2-4-8-21(19)22/h1-10,13,22H,11-12,14-15H2,(H,27,28). The van der Waals surface area contributed by atoms with Gasteiger partial charge in [0.1, 0.15) is 19.0 Å². The van der Waals surface area contributed by atoms with Crippen LogP contribution in [0.15, 0.2) is 66.7 Å². The van der Waals surface area contributed by atoms with Crippen molar-refractivity contribution in [1.82, 2.24) is 5.06 Å². The van der Waals surface area contributed by atoms with Crippen LogP contribution in [0.2, 0.25) is 0 Å². The zero-order valence-corrected chi connectivity index (χ0v) is 17.2. The summed E-state index contributed by atoms with van der Waals surface area (Å²) < 4.78 is 11.1. The van der Waals surface area contributed by atoms with Crippen molar-refractivity contribution in [2.75, 3.05) is 19.8 Å². The average Bonchev–Trinajstić information content (AvgIpc) is 2.97. The maximum absolute atomic E-state index is 12.5. The van der Waals surface area contributed by atoms with Crippen molar-refractivity contribution in [2.24, 2.45) is 0 Å². The molecule has 1 aliphatic heterocycles. The molecule has 5 rings (SSSR count). The Morgan fingerprint density at radius 1 is 1.00 bits per heavy atom. The minimum absolute atomic E-state index is 0.0439. The van der Waals surface area contributed by atoms with Crippen molar-refractivity contribution >= 4 is 12.1 Å². The Hall–Kier alpha value is -3.84. The maximum atomic E-state index is 12.5. The molecule has 0 radical (unpaired) electrons. The van der Waals surface area contributed by atoms with Gasteiger partial charge >= 0.3 is 12.1 Å². The van der Waals surface area contributed by atoms with Crippen LogP contribution in [-0.4, -0.2) is 42.1 Å². The number of rotatable bonds is 4. The van der Waals surface area contributed by atoms with E-state index in [-0.39, 0.29) is 31.2 Å². The predicted octanol–water partition coefficient (Wildman–Crippen LogP) is 4.46. The minimum Gasteiger partial charge on any atom is -0.492 e. The van der Waals surface area contributed by atoms with Crippen LogP contribution in [0.4, 0.5) is 4.79 Å². The van der Waals surface area contributed by atoms with Gasteiger partial charge in [0.2, 0.25) is 0 Å². The van der Waals surface area contributed by atoms with Crippen molar-refractivity contribution in [3.63, 3.8) is 0 Å². The molecule has 0 fully saturated rings. The van der Waals surface area contributed by atoms with Gasteiger partial charge in [-0.3, -0.25) is 0 Å². The Labute approximate surface area is 184 Å². The fourth-order valence-electron chi connectivity index (χ4n) is 4.28. The van der Waals surface area contributed by atoms with Crippen molar-refractivity contribution in [1.29, 1.82) is 0 Å². The third-order valence-corrected chi connectivity index (χ3v) is 5.79. The largest absolute Gasteiger partial charge is 0.527 e. The first-order valence-corrected chi connectivity index (χ1v) is 10.4. The molecular weight excluding hydrogens is 410 g/mol. The topological polar surface area (TPSA) is 85.3 Å². The molecule has 0 saturated carbocycles. The number of hydrogen-bond donors (Lipinski definition) is 1. The van der Waals surface area contributed by atoms with E-state index in [1.807, 2.05) is 24.3 Å². The van der Waals surface area contributed by atoms with Crippen LogP contribution in [0, 0.1) is 0 Å². The van der Waals surface area contributed by atoms with Gasteiger partial charge in [0, 0.05) is 11.5 Å². The second-order valence-electron chi connectivity index (χ2n) is 7.72. The summed E-state index contributed by atoms with van der Waals surface area (Å²) in [6.45, 7) is 1.04. The lowest BCUT2D eigenvalue weighted by molar-refractivity contribution is -0.135. The SMILES string of the molecule is O=C(OCC1c2ccccc2-c2ccccc21)ON1CCOc2cc(C(=O)O)ccc2C1. The molecule has 0 spiro atoms. The van der Waals surface area contributed by atoms with Crippen molar-refractivity contribution in [3.8, 4) is 16.9 Å². The number of hydroxylamine groups is 2. The van der Waals surface area contributed by atoms with E-state index in [2.05, 4.69) is 24.3 Å². The summed E-state index contributed by atoms with van der Waals surface area (Å²) in [7, 11) is 0. The first-order chi connectivity index (χ1) is 15.6. The van der Waals surface area contributed by atoms with E-state index in [4.69, 9.17) is 19.4 Å². The highest BCUT2D eigenvalue weighted by atomic mass is 16.8. The van der Waals surface area contributed by atoms with Crippen molar-refractivity contribution in [3.05, 3.63) is 89.0 Å². The normalized spacial score (nSPS) is 15.0. The number of carboxylic acids is 1. The fourth-order valence-corrected chi connectivity index (χ4v) is 4.28. The summed E-state index contributed by atoms with van der Waals surface area (Å²) in [6, 6.07) is 20.9. The fraction of sp³-hybridized carbons (Fsp3) is 0.200. The summed E-state index contributed by atoms with van der Waals surface area (Å²) in [5, 5.41) is 10.6. The van der Waals surface area contributed by atoms with Gasteiger partial charge in [0.25, 0.3) is 0 Å². The smallest absolute Gasteiger partial charge is 0.492 e. The van der Waals surface area contributed by atoms with Gasteiger partial charge in [-0.1, -0.05) is 54.6 Å². The van der Waals surface area contributed by atoms with Gasteiger partial charge in [-0.15, -0.1) is 5.06 Å². The van der Waals surface area contributed by atoms with Gasteiger partial charge < -0.3 is 19.4 Å². The quantitative estimate of drug-likeness (QED) is 0.611. The van der Waals surface area contributed by atoms with Crippen LogP contribution >= 0.6 is 0 Å². The monoisotopic (exact) mass is 431 g/mol. The van der Waals surface area contributed by atoms with Crippen LogP contribution < -0.4 is 4.74 Å². The van der Waals surface area contributed by atoms with Crippen LogP contribution in [0.3, 0.4) is 0 Å². The lowest BCUT2D eigenvalue weighted by Crippen LogP contribution is -2.30. The van der Waals surface area contributed by atoms with E-state index in [0.29, 0.717) is 12.3 Å². The number of carboxylic acid groups (broad SMARTS) is 1. The molecule has 162 valence electrons. The minimum atomic E-state index is -1.02. The maximum Gasteiger partial charge on any atom is 0.527 e. The number of aromatic carboxylic acids is 1. The molecule has 0 unspecified atom stereocenters. The third kappa shape index (κ3) is 3.78. The molecule has 0 saturated heterocycles. The molecule has 0 bridgehead atoms. The Balaban J connectivity index is 1.24. The molecule has 7 nitrogen and oxygen atoms in total. The zero-order chi connectivity index (χ0) is 22.1. The molecule has 0 amide bonds. The molecule has 0 atom stereocenters. The number of ether oxygens (including phenoxy) is 2. The van der Waals surface area contributed by atoms with Crippen LogP contribution in [0.25, 0.3) is 11.1 Å². The zero-order valence-electron chi connectivity index (χ0n) is 17.2. The van der Waals surface area contributed by atoms with Crippen LogP contribution in [0.1, 0.15) is 33.0 Å². The first-order valence-electron chi connectivity index (χ1n) is 10.4. The number of hydrogen-bond acceptors (Lipinski definition) is 6. The lowest BCUT2D eigenvalue weighted by atomic mass is 9.98. The second-order valence-corrected chi connectivity index (χ2v) is 7.72. The van der Waals surface area contributed by atoms with Gasteiger partial charge in [0.15, 0.2) is 0 Å². The molecular formula is C25H21NO6. The number of nitrogens with zero attached hydrogens (tertiary/aromatic N) is 1. The Kier molecular flexibility index (Phi) is 5.25. The van der Waals surface area contributed by atoms with Gasteiger partial charge in [-0.05, 0) is 34.4 Å². The molecule has 32 heavy (non-hydrogen) atoms. The molecule has 3 aromatic carbocycles. The molecule has 0 aromatic heterocycles. The number of carbonyl (C=O) groups is 2. The van der Waals surface area contributed by atoms with E-state index in [0.717, 1.165) is 27.8 Å². The summed E-state index contributed by atoms with van der Waals surface area (Å²) in [5.74, 6) is -0.589. The number of fused-ring (bicyclic) bond motifs is 4. The van der Waals surface area contributed by atoms with Gasteiger partial charge in [0.05, 0.1) is 18.7 Å².